The molecular weight excluding hydrogens is 246 g/mol. The number of nitrogens with one attached hydrogen (secondary N) is 1. The van der Waals surface area contributed by atoms with Gasteiger partial charge in [0.05, 0.1) is 6.42 Å². The van der Waals surface area contributed by atoms with E-state index in [-0.39, 0.29) is 23.8 Å². The molecule has 2 rings (SSSR count). The fraction of sp³-hybridized carbons (Fsp3) is 0.857. The molecule has 1 saturated carbocycles. The SMILES string of the molecule is O=C(O)CC1(CC(=O)NC2CCOCC2)CCCC1. The normalized spacial score (nSPS) is 23.2. The van der Waals surface area contributed by atoms with Gasteiger partial charge in [-0.3, -0.25) is 9.59 Å². The van der Waals surface area contributed by atoms with Crippen LogP contribution in [0.25, 0.3) is 0 Å². The summed E-state index contributed by atoms with van der Waals surface area (Å²) in [5.41, 5.74) is -0.304. The third-order valence-corrected chi connectivity index (χ3v) is 4.31. The summed E-state index contributed by atoms with van der Waals surface area (Å²) in [6, 6.07) is 0.199. The molecule has 108 valence electrons. The highest BCUT2D eigenvalue weighted by atomic mass is 16.5. The molecular formula is C14H23NO4. The first-order valence-electron chi connectivity index (χ1n) is 7.19. The lowest BCUT2D eigenvalue weighted by atomic mass is 9.79. The third-order valence-electron chi connectivity index (χ3n) is 4.31. The van der Waals surface area contributed by atoms with Crippen molar-refractivity contribution in [1.29, 1.82) is 0 Å². The Labute approximate surface area is 113 Å². The molecule has 1 aliphatic heterocycles. The molecule has 1 aliphatic carbocycles. The number of carboxylic acids is 1. The fourth-order valence-corrected chi connectivity index (χ4v) is 3.32. The number of hydrogen-bond donors (Lipinski definition) is 2. The second kappa shape index (κ2) is 6.37. The minimum atomic E-state index is -0.791. The van der Waals surface area contributed by atoms with Gasteiger partial charge in [-0.2, -0.15) is 0 Å². The predicted octanol–water partition coefficient (Wildman–Crippen LogP) is 1.71. The van der Waals surface area contributed by atoms with Crippen LogP contribution >= 0.6 is 0 Å². The maximum atomic E-state index is 12.1. The van der Waals surface area contributed by atoms with Crippen LogP contribution in [0.5, 0.6) is 0 Å². The highest BCUT2D eigenvalue weighted by Crippen LogP contribution is 2.44. The molecule has 5 nitrogen and oxygen atoms in total. The van der Waals surface area contributed by atoms with E-state index in [9.17, 15) is 9.59 Å². The van der Waals surface area contributed by atoms with E-state index in [0.717, 1.165) is 38.5 Å². The van der Waals surface area contributed by atoms with Gasteiger partial charge in [0.1, 0.15) is 0 Å². The van der Waals surface area contributed by atoms with Gasteiger partial charge in [-0.15, -0.1) is 0 Å². The Morgan fingerprint density at radius 2 is 1.79 bits per heavy atom. The molecule has 0 unspecified atom stereocenters. The molecule has 1 saturated heterocycles. The van der Waals surface area contributed by atoms with Gasteiger partial charge in [0, 0.05) is 25.7 Å². The topological polar surface area (TPSA) is 75.6 Å². The highest BCUT2D eigenvalue weighted by Gasteiger charge is 2.38. The number of ether oxygens (including phenoxy) is 1. The van der Waals surface area contributed by atoms with E-state index in [1.807, 2.05) is 0 Å². The van der Waals surface area contributed by atoms with Crippen molar-refractivity contribution in [3.63, 3.8) is 0 Å². The van der Waals surface area contributed by atoms with Crippen molar-refractivity contribution in [3.05, 3.63) is 0 Å². The van der Waals surface area contributed by atoms with E-state index in [2.05, 4.69) is 5.32 Å². The van der Waals surface area contributed by atoms with Gasteiger partial charge in [0.25, 0.3) is 0 Å². The number of carbonyl (C=O) groups excluding carboxylic acids is 1. The summed E-state index contributed by atoms with van der Waals surface area (Å²) in [6.07, 6.45) is 6.00. The lowest BCUT2D eigenvalue weighted by Crippen LogP contribution is -2.41. The molecule has 0 radical (unpaired) electrons. The van der Waals surface area contributed by atoms with Crippen LogP contribution in [0.4, 0.5) is 0 Å². The summed E-state index contributed by atoms with van der Waals surface area (Å²) in [5, 5.41) is 12.1. The van der Waals surface area contributed by atoms with Crippen molar-refractivity contribution in [3.8, 4) is 0 Å². The van der Waals surface area contributed by atoms with Crippen molar-refractivity contribution in [2.75, 3.05) is 13.2 Å². The summed E-state index contributed by atoms with van der Waals surface area (Å²) in [4.78, 5) is 23.1. The number of amides is 1. The van der Waals surface area contributed by atoms with Gasteiger partial charge < -0.3 is 15.2 Å². The molecule has 0 aromatic rings. The van der Waals surface area contributed by atoms with Crippen molar-refractivity contribution < 1.29 is 19.4 Å². The van der Waals surface area contributed by atoms with Gasteiger partial charge in [-0.05, 0) is 31.1 Å². The molecule has 0 bridgehead atoms. The quantitative estimate of drug-likeness (QED) is 0.796. The summed E-state index contributed by atoms with van der Waals surface area (Å²) in [6.45, 7) is 1.40. The van der Waals surface area contributed by atoms with Crippen LogP contribution in [-0.2, 0) is 14.3 Å². The molecule has 2 fully saturated rings. The summed E-state index contributed by atoms with van der Waals surface area (Å²) in [7, 11) is 0. The molecule has 5 heteroatoms. The summed E-state index contributed by atoms with van der Waals surface area (Å²) < 4.78 is 5.26. The lowest BCUT2D eigenvalue weighted by molar-refractivity contribution is -0.140. The van der Waals surface area contributed by atoms with Crippen LogP contribution in [-0.4, -0.2) is 36.2 Å². The Kier molecular flexibility index (Phi) is 4.80. The monoisotopic (exact) mass is 269 g/mol. The Bertz CT molecular complexity index is 330. The van der Waals surface area contributed by atoms with Gasteiger partial charge >= 0.3 is 5.97 Å². The van der Waals surface area contributed by atoms with Gasteiger partial charge in [-0.1, -0.05) is 12.8 Å². The van der Waals surface area contributed by atoms with E-state index in [1.54, 1.807) is 0 Å². The smallest absolute Gasteiger partial charge is 0.303 e. The number of hydrogen-bond acceptors (Lipinski definition) is 3. The molecule has 0 atom stereocenters. The third kappa shape index (κ3) is 4.20. The van der Waals surface area contributed by atoms with E-state index < -0.39 is 5.97 Å². The van der Waals surface area contributed by atoms with Crippen molar-refractivity contribution in [2.24, 2.45) is 5.41 Å². The number of rotatable bonds is 5. The van der Waals surface area contributed by atoms with Crippen molar-refractivity contribution >= 4 is 11.9 Å². The van der Waals surface area contributed by atoms with Crippen LogP contribution in [0.15, 0.2) is 0 Å². The molecule has 19 heavy (non-hydrogen) atoms. The van der Waals surface area contributed by atoms with E-state index in [1.165, 1.54) is 0 Å². The lowest BCUT2D eigenvalue weighted by Gasteiger charge is -2.29. The minimum absolute atomic E-state index is 0.00931. The van der Waals surface area contributed by atoms with Crippen LogP contribution in [0.1, 0.15) is 51.4 Å². The first kappa shape index (κ1) is 14.3. The second-order valence-electron chi connectivity index (χ2n) is 5.91. The fourth-order valence-electron chi connectivity index (χ4n) is 3.32. The van der Waals surface area contributed by atoms with Crippen molar-refractivity contribution in [1.82, 2.24) is 5.32 Å². The minimum Gasteiger partial charge on any atom is -0.481 e. The van der Waals surface area contributed by atoms with Gasteiger partial charge in [0.2, 0.25) is 5.91 Å². The number of carbonyl (C=O) groups is 2. The molecule has 2 N–H and O–H groups in total. The zero-order valence-corrected chi connectivity index (χ0v) is 11.3. The molecule has 0 spiro atoms. The van der Waals surface area contributed by atoms with Crippen LogP contribution in [0.3, 0.4) is 0 Å². The Balaban J connectivity index is 1.86. The molecule has 1 heterocycles. The molecule has 0 aromatic carbocycles. The van der Waals surface area contributed by atoms with Crippen LogP contribution < -0.4 is 5.32 Å². The van der Waals surface area contributed by atoms with Crippen molar-refractivity contribution in [2.45, 2.75) is 57.4 Å². The highest BCUT2D eigenvalue weighted by molar-refractivity contribution is 5.78. The first-order chi connectivity index (χ1) is 9.10. The maximum absolute atomic E-state index is 12.1. The number of aliphatic carboxylic acids is 1. The van der Waals surface area contributed by atoms with E-state index in [0.29, 0.717) is 19.6 Å². The maximum Gasteiger partial charge on any atom is 0.303 e. The molecule has 2 aliphatic rings. The summed E-state index contributed by atoms with van der Waals surface area (Å²) in [5.74, 6) is -0.782. The Morgan fingerprint density at radius 3 is 2.37 bits per heavy atom. The Morgan fingerprint density at radius 1 is 1.16 bits per heavy atom. The van der Waals surface area contributed by atoms with Crippen LogP contribution in [0.2, 0.25) is 0 Å². The zero-order chi connectivity index (χ0) is 13.7. The Hall–Kier alpha value is -1.10. The first-order valence-corrected chi connectivity index (χ1v) is 7.19. The summed E-state index contributed by atoms with van der Waals surface area (Å²) >= 11 is 0. The van der Waals surface area contributed by atoms with E-state index >= 15 is 0 Å². The van der Waals surface area contributed by atoms with Gasteiger partial charge in [0.15, 0.2) is 0 Å². The standard InChI is InChI=1S/C14H23NO4/c16-12(15-11-3-7-19-8-4-11)9-14(10-13(17)18)5-1-2-6-14/h11H,1-10H2,(H,15,16)(H,17,18). The molecule has 0 aromatic heterocycles. The second-order valence-corrected chi connectivity index (χ2v) is 5.91. The van der Waals surface area contributed by atoms with Gasteiger partial charge in [-0.25, -0.2) is 0 Å². The largest absolute Gasteiger partial charge is 0.481 e. The predicted molar refractivity (Wildman–Crippen MR) is 69.8 cm³/mol. The van der Waals surface area contributed by atoms with E-state index in [4.69, 9.17) is 9.84 Å². The number of carboxylic acid groups (broad SMARTS) is 1. The molecule has 1 amide bonds. The zero-order valence-electron chi connectivity index (χ0n) is 11.3. The average molecular weight is 269 g/mol. The van der Waals surface area contributed by atoms with Crippen LogP contribution in [0, 0.1) is 5.41 Å². The average Bonchev–Trinajstić information content (AvgIpc) is 2.77.